The normalized spacial score (nSPS) is 10.9. The summed E-state index contributed by atoms with van der Waals surface area (Å²) in [5.74, 6) is -1.72. The maximum absolute atomic E-state index is 12.1. The van der Waals surface area contributed by atoms with E-state index in [9.17, 15) is 19.8 Å². The van der Waals surface area contributed by atoms with Crippen LogP contribution in [0.3, 0.4) is 0 Å². The van der Waals surface area contributed by atoms with Crippen LogP contribution in [0.25, 0.3) is 16.8 Å². The van der Waals surface area contributed by atoms with Gasteiger partial charge in [0.25, 0.3) is 0 Å². The van der Waals surface area contributed by atoms with Crippen molar-refractivity contribution in [3.63, 3.8) is 0 Å². The van der Waals surface area contributed by atoms with Gasteiger partial charge in [-0.05, 0) is 78.9 Å². The number of carboxylic acid groups (broad SMARTS) is 2. The monoisotopic (exact) mass is 472 g/mol. The molecule has 1 heterocycles. The zero-order chi connectivity index (χ0) is 24.4. The second kappa shape index (κ2) is 9.57. The van der Waals surface area contributed by atoms with Gasteiger partial charge in [0.2, 0.25) is 0 Å². The highest BCUT2D eigenvalue weighted by Crippen LogP contribution is 2.37. The van der Waals surface area contributed by atoms with Crippen molar-refractivity contribution < 1.29 is 19.8 Å². The van der Waals surface area contributed by atoms with Crippen molar-refractivity contribution in [2.75, 3.05) is 0 Å². The van der Waals surface area contributed by atoms with Gasteiger partial charge in [-0.3, -0.25) is 0 Å². The molecule has 1 aromatic heterocycles. The molecule has 0 aliphatic rings. The van der Waals surface area contributed by atoms with Crippen molar-refractivity contribution in [1.29, 1.82) is 0 Å². The molecule has 4 rings (SSSR count). The van der Waals surface area contributed by atoms with Crippen molar-refractivity contribution >= 4 is 23.7 Å². The van der Waals surface area contributed by atoms with E-state index in [1.165, 1.54) is 6.07 Å². The number of carbonyl (C=O) groups is 2. The van der Waals surface area contributed by atoms with Gasteiger partial charge in [0.1, 0.15) is 0 Å². The number of aromatic carboxylic acids is 2. The highest BCUT2D eigenvalue weighted by atomic mass is 32.2. The third kappa shape index (κ3) is 4.47. The first kappa shape index (κ1) is 23.3. The van der Waals surface area contributed by atoms with Crippen LogP contribution < -0.4 is 0 Å². The summed E-state index contributed by atoms with van der Waals surface area (Å²) in [6, 6.07) is 16.6. The van der Waals surface area contributed by atoms with Crippen molar-refractivity contribution in [2.24, 2.45) is 0 Å². The maximum atomic E-state index is 12.1. The lowest BCUT2D eigenvalue weighted by molar-refractivity contribution is 0.0695. The smallest absolute Gasteiger partial charge is 0.336 e. The van der Waals surface area contributed by atoms with E-state index in [2.05, 4.69) is 11.2 Å². The Morgan fingerprint density at radius 1 is 0.912 bits per heavy atom. The third-order valence-electron chi connectivity index (χ3n) is 5.84. The first-order chi connectivity index (χ1) is 16.3. The predicted molar refractivity (Wildman–Crippen MR) is 133 cm³/mol. The van der Waals surface area contributed by atoms with Crippen LogP contribution in [-0.2, 0) is 5.75 Å². The molecule has 0 amide bonds. The van der Waals surface area contributed by atoms with E-state index < -0.39 is 11.9 Å². The van der Waals surface area contributed by atoms with Crippen molar-refractivity contribution in [1.82, 2.24) is 9.78 Å². The van der Waals surface area contributed by atoms with E-state index in [-0.39, 0.29) is 16.7 Å². The summed E-state index contributed by atoms with van der Waals surface area (Å²) in [4.78, 5) is 25.2. The van der Waals surface area contributed by atoms with E-state index in [4.69, 9.17) is 0 Å². The minimum atomic E-state index is -1.15. The second-order valence-corrected chi connectivity index (χ2v) is 9.10. The number of hydrogen-bond acceptors (Lipinski definition) is 4. The minimum absolute atomic E-state index is 0.0143. The van der Waals surface area contributed by atoms with Gasteiger partial charge in [-0.25, -0.2) is 14.3 Å². The average molecular weight is 473 g/mol. The van der Waals surface area contributed by atoms with Gasteiger partial charge in [-0.1, -0.05) is 24.3 Å². The number of hydrogen-bond donors (Lipinski definition) is 2. The number of aryl methyl sites for hydroxylation is 3. The molecule has 0 aliphatic carbocycles. The number of rotatable bonds is 7. The first-order valence-corrected chi connectivity index (χ1v) is 11.7. The Bertz CT molecular complexity index is 1390. The Balaban J connectivity index is 1.76. The lowest BCUT2D eigenvalue weighted by Gasteiger charge is -2.18. The fourth-order valence-electron chi connectivity index (χ4n) is 4.08. The molecule has 34 heavy (non-hydrogen) atoms. The molecule has 6 nitrogen and oxygen atoms in total. The molecule has 0 atom stereocenters. The Morgan fingerprint density at radius 3 is 2.35 bits per heavy atom. The van der Waals surface area contributed by atoms with Gasteiger partial charge >= 0.3 is 11.9 Å². The molecular formula is C27H24N2O4S. The molecule has 172 valence electrons. The van der Waals surface area contributed by atoms with E-state index in [0.717, 1.165) is 27.3 Å². The average Bonchev–Trinajstić information content (AvgIpc) is 3.33. The first-order valence-electron chi connectivity index (χ1n) is 10.7. The lowest BCUT2D eigenvalue weighted by atomic mass is 9.87. The number of benzene rings is 3. The summed E-state index contributed by atoms with van der Waals surface area (Å²) < 4.78 is 1.81. The number of thioether (sulfide) groups is 1. The van der Waals surface area contributed by atoms with Crippen molar-refractivity contribution in [3.05, 3.63) is 100 Å². The van der Waals surface area contributed by atoms with Gasteiger partial charge in [0.05, 0.1) is 16.8 Å². The molecule has 0 radical (unpaired) electrons. The van der Waals surface area contributed by atoms with Crippen LogP contribution >= 0.6 is 11.8 Å². The second-order valence-electron chi connectivity index (χ2n) is 8.08. The van der Waals surface area contributed by atoms with E-state index in [0.29, 0.717) is 16.9 Å². The standard InChI is InChI=1S/C27H24N2O4S/c1-16-6-4-7-20(25-21(26(30)31)10-8-17(2)24(25)27(32)33)22(16)15-34-23-11-9-19(14-18(23)3)29-13-5-12-28-29/h4-14H,15H2,1-3H3,(H,30,31)(H,32,33). The number of nitrogens with zero attached hydrogens (tertiary/aromatic N) is 2. The highest BCUT2D eigenvalue weighted by molar-refractivity contribution is 7.98. The summed E-state index contributed by atoms with van der Waals surface area (Å²) in [5, 5.41) is 24.0. The molecule has 0 spiro atoms. The summed E-state index contributed by atoms with van der Waals surface area (Å²) >= 11 is 1.64. The Labute approximate surface area is 201 Å². The van der Waals surface area contributed by atoms with Crippen LogP contribution in [0, 0.1) is 20.8 Å². The molecule has 0 saturated heterocycles. The molecule has 0 bridgehead atoms. The quantitative estimate of drug-likeness (QED) is 0.313. The molecule has 0 unspecified atom stereocenters. The van der Waals surface area contributed by atoms with Crippen LogP contribution in [-0.4, -0.2) is 31.9 Å². The van der Waals surface area contributed by atoms with E-state index >= 15 is 0 Å². The fraction of sp³-hybridized carbons (Fsp3) is 0.148. The van der Waals surface area contributed by atoms with E-state index in [1.807, 2.05) is 56.4 Å². The van der Waals surface area contributed by atoms with E-state index in [1.54, 1.807) is 35.6 Å². The molecule has 7 heteroatoms. The molecular weight excluding hydrogens is 448 g/mol. The maximum Gasteiger partial charge on any atom is 0.336 e. The van der Waals surface area contributed by atoms with Gasteiger partial charge in [0, 0.05) is 28.6 Å². The third-order valence-corrected chi connectivity index (χ3v) is 7.04. The van der Waals surface area contributed by atoms with Gasteiger partial charge in [0.15, 0.2) is 0 Å². The van der Waals surface area contributed by atoms with Gasteiger partial charge in [-0.15, -0.1) is 11.8 Å². The van der Waals surface area contributed by atoms with Crippen LogP contribution in [0.5, 0.6) is 0 Å². The van der Waals surface area contributed by atoms with Gasteiger partial charge in [-0.2, -0.15) is 5.10 Å². The summed E-state index contributed by atoms with van der Waals surface area (Å²) in [6.07, 6.45) is 3.63. The molecule has 2 N–H and O–H groups in total. The summed E-state index contributed by atoms with van der Waals surface area (Å²) in [7, 11) is 0. The zero-order valence-corrected chi connectivity index (χ0v) is 19.9. The Kier molecular flexibility index (Phi) is 6.56. The minimum Gasteiger partial charge on any atom is -0.478 e. The summed E-state index contributed by atoms with van der Waals surface area (Å²) in [5.41, 5.74) is 5.39. The van der Waals surface area contributed by atoms with Crippen LogP contribution in [0.15, 0.2) is 71.9 Å². The van der Waals surface area contributed by atoms with Gasteiger partial charge < -0.3 is 10.2 Å². The van der Waals surface area contributed by atoms with Crippen molar-refractivity contribution in [3.8, 4) is 16.8 Å². The van der Waals surface area contributed by atoms with Crippen LogP contribution in [0.1, 0.15) is 43.0 Å². The van der Waals surface area contributed by atoms with Crippen LogP contribution in [0.2, 0.25) is 0 Å². The number of carboxylic acids is 2. The van der Waals surface area contributed by atoms with Crippen LogP contribution in [0.4, 0.5) is 0 Å². The lowest BCUT2D eigenvalue weighted by Crippen LogP contribution is -2.10. The molecule has 3 aromatic carbocycles. The largest absolute Gasteiger partial charge is 0.478 e. The number of aromatic nitrogens is 2. The molecule has 0 fully saturated rings. The predicted octanol–water partition coefficient (Wildman–Crippen LogP) is 6.15. The zero-order valence-electron chi connectivity index (χ0n) is 19.1. The Morgan fingerprint density at radius 2 is 1.71 bits per heavy atom. The molecule has 0 saturated carbocycles. The topological polar surface area (TPSA) is 92.4 Å². The molecule has 4 aromatic rings. The molecule has 0 aliphatic heterocycles. The fourth-order valence-corrected chi connectivity index (χ4v) is 5.21. The Hall–Kier alpha value is -3.84. The highest BCUT2D eigenvalue weighted by Gasteiger charge is 2.24. The SMILES string of the molecule is Cc1cc(-n2cccn2)ccc1SCc1c(C)cccc1-c1c(C(=O)O)ccc(C)c1C(=O)O. The summed E-state index contributed by atoms with van der Waals surface area (Å²) in [6.45, 7) is 5.69. The van der Waals surface area contributed by atoms with Crippen molar-refractivity contribution in [2.45, 2.75) is 31.4 Å².